The Kier molecular flexibility index (Phi) is 6.91. The molecule has 8 heteroatoms. The Labute approximate surface area is 193 Å². The maximum Gasteiger partial charge on any atom is 0.264 e. The number of anilines is 1. The molecule has 3 heterocycles. The van der Waals surface area contributed by atoms with Crippen molar-refractivity contribution in [1.82, 2.24) is 14.7 Å². The third-order valence-electron chi connectivity index (χ3n) is 6.46. The number of hydrogen-bond acceptors (Lipinski definition) is 5. The molecule has 1 atom stereocenters. The summed E-state index contributed by atoms with van der Waals surface area (Å²) < 4.78 is 0. The van der Waals surface area contributed by atoms with Crippen LogP contribution in [-0.2, 0) is 9.59 Å². The lowest BCUT2D eigenvalue weighted by molar-refractivity contribution is -0.137. The molecule has 2 aliphatic heterocycles. The van der Waals surface area contributed by atoms with Crippen molar-refractivity contribution < 1.29 is 14.4 Å². The molecular formula is C24H30N4O3S. The Hall–Kier alpha value is -2.71. The highest BCUT2D eigenvalue weighted by molar-refractivity contribution is 7.12. The van der Waals surface area contributed by atoms with E-state index in [0.29, 0.717) is 50.6 Å². The van der Waals surface area contributed by atoms with Crippen molar-refractivity contribution in [3.05, 3.63) is 51.7 Å². The van der Waals surface area contributed by atoms with Gasteiger partial charge in [0.15, 0.2) is 0 Å². The average Bonchev–Trinajstić information content (AvgIpc) is 3.49. The Bertz CT molecular complexity index is 983. The fourth-order valence-electron chi connectivity index (χ4n) is 4.42. The fraction of sp³-hybridized carbons (Fsp3) is 0.458. The molecule has 3 amide bonds. The van der Waals surface area contributed by atoms with Crippen LogP contribution < -0.4 is 5.32 Å². The van der Waals surface area contributed by atoms with E-state index in [9.17, 15) is 14.4 Å². The quantitative estimate of drug-likeness (QED) is 0.754. The number of hydrogen-bond donors (Lipinski definition) is 1. The number of nitrogens with zero attached hydrogens (tertiary/aromatic N) is 3. The molecular weight excluding hydrogens is 424 g/mol. The average molecular weight is 455 g/mol. The summed E-state index contributed by atoms with van der Waals surface area (Å²) in [6, 6.07) is 9.19. The SMILES string of the molecule is Cc1cccc(NC(=O)CN2CCN(C(=O)[C@H]3CCCN3C(=O)c3cccs3)CC2)c1C. The maximum atomic E-state index is 13.2. The minimum absolute atomic E-state index is 0.0342. The van der Waals surface area contributed by atoms with E-state index >= 15 is 0 Å². The Morgan fingerprint density at radius 2 is 1.81 bits per heavy atom. The number of likely N-dealkylation sites (tertiary alicyclic amines) is 1. The second-order valence-electron chi connectivity index (χ2n) is 8.53. The van der Waals surface area contributed by atoms with Crippen molar-refractivity contribution in [2.24, 2.45) is 0 Å². The van der Waals surface area contributed by atoms with E-state index in [1.54, 1.807) is 4.90 Å². The van der Waals surface area contributed by atoms with Gasteiger partial charge in [-0.1, -0.05) is 18.2 Å². The molecule has 4 rings (SSSR count). The van der Waals surface area contributed by atoms with Crippen LogP contribution in [-0.4, -0.2) is 77.7 Å². The zero-order valence-corrected chi connectivity index (χ0v) is 19.5. The van der Waals surface area contributed by atoms with Crippen molar-refractivity contribution in [2.45, 2.75) is 32.7 Å². The number of carbonyl (C=O) groups excluding carboxylic acids is 3. The van der Waals surface area contributed by atoms with E-state index < -0.39 is 0 Å². The molecule has 0 saturated carbocycles. The second-order valence-corrected chi connectivity index (χ2v) is 9.48. The van der Waals surface area contributed by atoms with Crippen molar-refractivity contribution in [1.29, 1.82) is 0 Å². The largest absolute Gasteiger partial charge is 0.338 e. The molecule has 2 saturated heterocycles. The molecule has 0 aliphatic carbocycles. The van der Waals surface area contributed by atoms with Crippen LogP contribution in [0.25, 0.3) is 0 Å². The van der Waals surface area contributed by atoms with Gasteiger partial charge in [0, 0.05) is 38.4 Å². The van der Waals surface area contributed by atoms with Crippen LogP contribution >= 0.6 is 11.3 Å². The first kappa shape index (κ1) is 22.5. The molecule has 0 spiro atoms. The van der Waals surface area contributed by atoms with Crippen LogP contribution in [0.2, 0.25) is 0 Å². The Morgan fingerprint density at radius 3 is 2.53 bits per heavy atom. The van der Waals surface area contributed by atoms with E-state index in [1.807, 2.05) is 54.5 Å². The van der Waals surface area contributed by atoms with Crippen molar-refractivity contribution in [2.75, 3.05) is 44.6 Å². The van der Waals surface area contributed by atoms with Gasteiger partial charge < -0.3 is 15.1 Å². The van der Waals surface area contributed by atoms with Crippen LogP contribution in [0.1, 0.15) is 33.6 Å². The number of rotatable bonds is 5. The molecule has 2 fully saturated rings. The third kappa shape index (κ3) is 4.86. The molecule has 0 unspecified atom stereocenters. The lowest BCUT2D eigenvalue weighted by Crippen LogP contribution is -2.55. The summed E-state index contributed by atoms with van der Waals surface area (Å²) >= 11 is 1.41. The first-order chi connectivity index (χ1) is 15.4. The summed E-state index contributed by atoms with van der Waals surface area (Å²) in [6.07, 6.45) is 1.57. The summed E-state index contributed by atoms with van der Waals surface area (Å²) in [5.41, 5.74) is 3.07. The molecule has 170 valence electrons. The summed E-state index contributed by atoms with van der Waals surface area (Å²) in [7, 11) is 0. The van der Waals surface area contributed by atoms with Gasteiger partial charge in [-0.2, -0.15) is 0 Å². The number of amides is 3. The van der Waals surface area contributed by atoms with Gasteiger partial charge in [-0.3, -0.25) is 19.3 Å². The first-order valence-electron chi connectivity index (χ1n) is 11.2. The molecule has 0 bridgehead atoms. The predicted octanol–water partition coefficient (Wildman–Crippen LogP) is 2.75. The monoisotopic (exact) mass is 454 g/mol. The van der Waals surface area contributed by atoms with Gasteiger partial charge >= 0.3 is 0 Å². The van der Waals surface area contributed by atoms with Crippen LogP contribution in [0.3, 0.4) is 0 Å². The van der Waals surface area contributed by atoms with Crippen LogP contribution in [0.5, 0.6) is 0 Å². The molecule has 1 N–H and O–H groups in total. The molecule has 32 heavy (non-hydrogen) atoms. The summed E-state index contributed by atoms with van der Waals surface area (Å²) in [5, 5.41) is 4.89. The maximum absolute atomic E-state index is 13.2. The number of aryl methyl sites for hydroxylation is 1. The van der Waals surface area contributed by atoms with E-state index in [2.05, 4.69) is 10.2 Å². The van der Waals surface area contributed by atoms with E-state index in [0.717, 1.165) is 23.2 Å². The van der Waals surface area contributed by atoms with E-state index in [1.165, 1.54) is 11.3 Å². The van der Waals surface area contributed by atoms with Gasteiger partial charge in [-0.15, -0.1) is 11.3 Å². The molecule has 7 nitrogen and oxygen atoms in total. The molecule has 1 aromatic carbocycles. The number of thiophene rings is 1. The topological polar surface area (TPSA) is 73.0 Å². The summed E-state index contributed by atoms with van der Waals surface area (Å²) in [6.45, 7) is 7.42. The highest BCUT2D eigenvalue weighted by Gasteiger charge is 2.38. The van der Waals surface area contributed by atoms with Gasteiger partial charge in [0.05, 0.1) is 11.4 Å². The summed E-state index contributed by atoms with van der Waals surface area (Å²) in [5.74, 6) is -0.0496. The first-order valence-corrected chi connectivity index (χ1v) is 12.0. The Morgan fingerprint density at radius 1 is 1.03 bits per heavy atom. The van der Waals surface area contributed by atoms with E-state index in [4.69, 9.17) is 0 Å². The highest BCUT2D eigenvalue weighted by Crippen LogP contribution is 2.24. The van der Waals surface area contributed by atoms with Gasteiger partial charge in [0.2, 0.25) is 11.8 Å². The second kappa shape index (κ2) is 9.83. The fourth-order valence-corrected chi connectivity index (χ4v) is 5.10. The smallest absolute Gasteiger partial charge is 0.264 e. The lowest BCUT2D eigenvalue weighted by atomic mass is 10.1. The lowest BCUT2D eigenvalue weighted by Gasteiger charge is -2.37. The minimum Gasteiger partial charge on any atom is -0.338 e. The third-order valence-corrected chi connectivity index (χ3v) is 7.32. The van der Waals surface area contributed by atoms with Crippen LogP contribution in [0.15, 0.2) is 35.7 Å². The van der Waals surface area contributed by atoms with Gasteiger partial charge in [-0.05, 0) is 55.3 Å². The number of carbonyl (C=O) groups is 3. The normalized spacial score (nSPS) is 19.2. The van der Waals surface area contributed by atoms with Crippen molar-refractivity contribution >= 4 is 34.7 Å². The zero-order chi connectivity index (χ0) is 22.7. The van der Waals surface area contributed by atoms with Gasteiger partial charge in [0.1, 0.15) is 6.04 Å². The van der Waals surface area contributed by atoms with Gasteiger partial charge in [-0.25, -0.2) is 0 Å². The van der Waals surface area contributed by atoms with Crippen molar-refractivity contribution in [3.8, 4) is 0 Å². The number of benzene rings is 1. The standard InChI is InChI=1S/C24H30N4O3S/c1-17-6-3-7-19(18(17)2)25-22(29)16-26-11-13-27(14-12-26)23(30)20-8-4-10-28(20)24(31)21-9-5-15-32-21/h3,5-7,9,15,20H,4,8,10-14,16H2,1-2H3,(H,25,29)/t20-/m1/s1. The highest BCUT2D eigenvalue weighted by atomic mass is 32.1. The molecule has 0 radical (unpaired) electrons. The molecule has 2 aliphatic rings. The van der Waals surface area contributed by atoms with Gasteiger partial charge in [0.25, 0.3) is 5.91 Å². The zero-order valence-electron chi connectivity index (χ0n) is 18.7. The summed E-state index contributed by atoms with van der Waals surface area (Å²) in [4.78, 5) is 44.8. The predicted molar refractivity (Wildman–Crippen MR) is 126 cm³/mol. The Balaban J connectivity index is 1.28. The van der Waals surface area contributed by atoms with Crippen LogP contribution in [0.4, 0.5) is 5.69 Å². The van der Waals surface area contributed by atoms with Crippen LogP contribution in [0, 0.1) is 13.8 Å². The van der Waals surface area contributed by atoms with Crippen molar-refractivity contribution in [3.63, 3.8) is 0 Å². The number of piperazine rings is 1. The molecule has 1 aromatic heterocycles. The van der Waals surface area contributed by atoms with E-state index in [-0.39, 0.29) is 23.8 Å². The minimum atomic E-state index is -0.372. The molecule has 2 aromatic rings. The number of nitrogens with one attached hydrogen (secondary N) is 1.